The van der Waals surface area contributed by atoms with Crippen molar-refractivity contribution < 1.29 is 0 Å². The van der Waals surface area contributed by atoms with Gasteiger partial charge >= 0.3 is 0 Å². The van der Waals surface area contributed by atoms with Crippen molar-refractivity contribution in [2.45, 2.75) is 53.1 Å². The Kier molecular flexibility index (Phi) is 4.40. The average molecular weight is 300 g/mol. The van der Waals surface area contributed by atoms with Crippen LogP contribution in [0.3, 0.4) is 0 Å². The normalized spacial score (nSPS) is 11.7. The highest BCUT2D eigenvalue weighted by Gasteiger charge is 2.25. The summed E-state index contributed by atoms with van der Waals surface area (Å²) in [7, 11) is 0. The second-order valence-corrected chi connectivity index (χ2v) is 6.49. The molecule has 0 unspecified atom stereocenters. The van der Waals surface area contributed by atoms with Crippen molar-refractivity contribution in [3.8, 4) is 0 Å². The molecule has 4 nitrogen and oxygen atoms in total. The van der Waals surface area contributed by atoms with Crippen molar-refractivity contribution in [1.29, 1.82) is 0 Å². The molecule has 0 aliphatic heterocycles. The number of nitrogens with one attached hydrogen (secondary N) is 2. The minimum atomic E-state index is -0.430. The van der Waals surface area contributed by atoms with E-state index in [0.29, 0.717) is 17.9 Å². The zero-order valence-corrected chi connectivity index (χ0v) is 14.0. The van der Waals surface area contributed by atoms with Crippen LogP contribution in [0.2, 0.25) is 0 Å². The summed E-state index contributed by atoms with van der Waals surface area (Å²) in [4.78, 5) is 23.6. The maximum atomic E-state index is 11.8. The molecule has 0 heterocycles. The number of anilines is 2. The molecule has 22 heavy (non-hydrogen) atoms. The minimum Gasteiger partial charge on any atom is -0.376 e. The molecule has 2 N–H and O–H groups in total. The van der Waals surface area contributed by atoms with Crippen molar-refractivity contribution in [3.63, 3.8) is 0 Å². The van der Waals surface area contributed by atoms with Crippen molar-refractivity contribution in [3.05, 3.63) is 55.3 Å². The predicted molar refractivity (Wildman–Crippen MR) is 92.6 cm³/mol. The van der Waals surface area contributed by atoms with Crippen molar-refractivity contribution in [2.24, 2.45) is 0 Å². The molecule has 0 aliphatic carbocycles. The highest BCUT2D eigenvalue weighted by molar-refractivity contribution is 5.74. The number of rotatable bonds is 6. The van der Waals surface area contributed by atoms with Crippen LogP contribution < -0.4 is 21.5 Å². The predicted octanol–water partition coefficient (Wildman–Crippen LogP) is 3.11. The molecule has 0 bridgehead atoms. The molecule has 118 valence electrons. The maximum Gasteiger partial charge on any atom is 0.253 e. The largest absolute Gasteiger partial charge is 0.376 e. The van der Waals surface area contributed by atoms with E-state index in [2.05, 4.69) is 10.6 Å². The molecule has 0 radical (unpaired) electrons. The molecule has 0 fully saturated rings. The molecular weight excluding hydrogens is 276 g/mol. The molecule has 2 aromatic carbocycles. The van der Waals surface area contributed by atoms with Gasteiger partial charge in [-0.15, -0.1) is 0 Å². The molecule has 0 amide bonds. The van der Waals surface area contributed by atoms with Crippen LogP contribution in [0, 0.1) is 13.8 Å². The third-order valence-corrected chi connectivity index (χ3v) is 4.34. The van der Waals surface area contributed by atoms with Gasteiger partial charge in [0.1, 0.15) is 11.4 Å². The van der Waals surface area contributed by atoms with E-state index >= 15 is 0 Å². The van der Waals surface area contributed by atoms with E-state index in [1.807, 2.05) is 52.8 Å². The first kappa shape index (κ1) is 16.3. The van der Waals surface area contributed by atoms with Crippen molar-refractivity contribution >= 4 is 11.4 Å². The van der Waals surface area contributed by atoms with E-state index in [9.17, 15) is 9.59 Å². The van der Waals surface area contributed by atoms with Gasteiger partial charge in [0.25, 0.3) is 10.9 Å². The molecule has 0 saturated heterocycles. The van der Waals surface area contributed by atoms with E-state index < -0.39 is 10.9 Å². The van der Waals surface area contributed by atoms with Gasteiger partial charge in [0.2, 0.25) is 0 Å². The van der Waals surface area contributed by atoms with Crippen LogP contribution in [0.5, 0.6) is 0 Å². The van der Waals surface area contributed by atoms with E-state index in [1.165, 1.54) is 11.1 Å². The van der Waals surface area contributed by atoms with Gasteiger partial charge in [0, 0.05) is 12.1 Å². The van der Waals surface area contributed by atoms with Crippen molar-refractivity contribution in [2.75, 3.05) is 10.6 Å². The van der Waals surface area contributed by atoms with Gasteiger partial charge in [-0.1, -0.05) is 25.1 Å². The number of benzene rings is 1. The van der Waals surface area contributed by atoms with Gasteiger partial charge in [0.05, 0.1) is 0 Å². The molecular formula is C18H24N2O2. The smallest absolute Gasteiger partial charge is 0.253 e. The van der Waals surface area contributed by atoms with Crippen LogP contribution in [0.4, 0.5) is 11.4 Å². The summed E-state index contributed by atoms with van der Waals surface area (Å²) in [5.41, 5.74) is 3.28. The van der Waals surface area contributed by atoms with Gasteiger partial charge in [0.15, 0.2) is 0 Å². The summed E-state index contributed by atoms with van der Waals surface area (Å²) >= 11 is 0. The lowest BCUT2D eigenvalue weighted by atomic mass is 9.99. The van der Waals surface area contributed by atoms with Crippen LogP contribution in [-0.4, -0.2) is 5.54 Å². The Morgan fingerprint density at radius 3 is 2.09 bits per heavy atom. The zero-order valence-electron chi connectivity index (χ0n) is 14.0. The van der Waals surface area contributed by atoms with E-state index in [-0.39, 0.29) is 5.54 Å². The molecule has 0 aliphatic rings. The van der Waals surface area contributed by atoms with Crippen molar-refractivity contribution in [1.82, 2.24) is 0 Å². The molecule has 0 saturated carbocycles. The van der Waals surface area contributed by atoms with E-state index in [4.69, 9.17) is 0 Å². The molecule has 2 aromatic rings. The molecule has 0 atom stereocenters. The van der Waals surface area contributed by atoms with E-state index in [1.54, 1.807) is 0 Å². The summed E-state index contributed by atoms with van der Waals surface area (Å²) < 4.78 is 0. The highest BCUT2D eigenvalue weighted by atomic mass is 16.2. The first-order valence-corrected chi connectivity index (χ1v) is 7.67. The average Bonchev–Trinajstić information content (AvgIpc) is 2.48. The van der Waals surface area contributed by atoms with Gasteiger partial charge in [-0.05, 0) is 50.8 Å². The molecule has 4 heteroatoms. The lowest BCUT2D eigenvalue weighted by Crippen LogP contribution is -2.42. The molecule has 0 aromatic heterocycles. The summed E-state index contributed by atoms with van der Waals surface area (Å²) in [6.45, 7) is 10.7. The SMILES string of the molecule is CCC(C)(C)Nc1c(NCc2c(C)cccc2C)c(=O)c1=O. The number of aryl methyl sites for hydroxylation is 2. The highest BCUT2D eigenvalue weighted by Crippen LogP contribution is 2.23. The van der Waals surface area contributed by atoms with Crippen LogP contribution in [0.15, 0.2) is 27.8 Å². The third kappa shape index (κ3) is 3.06. The fourth-order valence-corrected chi connectivity index (χ4v) is 2.41. The topological polar surface area (TPSA) is 58.2 Å². The summed E-state index contributed by atoms with van der Waals surface area (Å²) in [6, 6.07) is 6.11. The van der Waals surface area contributed by atoms with Gasteiger partial charge in [-0.3, -0.25) is 9.59 Å². The number of hydrogen-bond donors (Lipinski definition) is 2. The lowest BCUT2D eigenvalue weighted by Gasteiger charge is -2.28. The summed E-state index contributed by atoms with van der Waals surface area (Å²) in [6.07, 6.45) is 0.863. The van der Waals surface area contributed by atoms with Crippen LogP contribution in [0.1, 0.15) is 43.9 Å². The standard InChI is InChI=1S/C18H24N2O2/c1-6-18(4,5)20-15-14(16(21)17(15)22)19-10-13-11(2)8-7-9-12(13)3/h7-9,19-20H,6,10H2,1-5H3. The Morgan fingerprint density at radius 2 is 1.55 bits per heavy atom. The Labute approximate surface area is 131 Å². The Hall–Kier alpha value is -2.10. The van der Waals surface area contributed by atoms with Crippen LogP contribution in [0.25, 0.3) is 0 Å². The first-order chi connectivity index (χ1) is 10.3. The molecule has 0 spiro atoms. The quantitative estimate of drug-likeness (QED) is 0.805. The van der Waals surface area contributed by atoms with Crippen LogP contribution >= 0.6 is 0 Å². The fraction of sp³-hybridized carbons (Fsp3) is 0.444. The number of hydrogen-bond acceptors (Lipinski definition) is 4. The van der Waals surface area contributed by atoms with Gasteiger partial charge in [-0.2, -0.15) is 0 Å². The Morgan fingerprint density at radius 1 is 1.00 bits per heavy atom. The second kappa shape index (κ2) is 5.95. The Bertz CT molecular complexity index is 733. The van der Waals surface area contributed by atoms with Crippen LogP contribution in [-0.2, 0) is 6.54 Å². The van der Waals surface area contributed by atoms with Gasteiger partial charge < -0.3 is 10.6 Å². The lowest BCUT2D eigenvalue weighted by molar-refractivity contribution is 0.546. The summed E-state index contributed by atoms with van der Waals surface area (Å²) in [5.74, 6) is 0. The monoisotopic (exact) mass is 300 g/mol. The maximum absolute atomic E-state index is 11.8. The fourth-order valence-electron chi connectivity index (χ4n) is 2.41. The summed E-state index contributed by atoms with van der Waals surface area (Å²) in [5, 5.41) is 6.33. The zero-order chi connectivity index (χ0) is 16.5. The molecule has 2 rings (SSSR count). The Balaban J connectivity index is 2.20. The van der Waals surface area contributed by atoms with E-state index in [0.717, 1.165) is 12.0 Å². The minimum absolute atomic E-state index is 0.211. The second-order valence-electron chi connectivity index (χ2n) is 6.49. The third-order valence-electron chi connectivity index (χ3n) is 4.34. The van der Waals surface area contributed by atoms with Gasteiger partial charge in [-0.25, -0.2) is 0 Å². The first-order valence-electron chi connectivity index (χ1n) is 7.67.